The summed E-state index contributed by atoms with van der Waals surface area (Å²) < 4.78 is 5.13. The standard InChI is InChI=1S/C20H16N2O6/c1-12-5-4-7-14(9-12)22-19(26)15(18(25)21-20(22)27)10-13-6-2-3-8-16(13)28-11-17(23)24/h2-10H,11H2,1H3,(H,23,24)(H,21,25,27)/p-1/b15-10+. The van der Waals surface area contributed by atoms with Crippen LogP contribution in [-0.4, -0.2) is 30.4 Å². The van der Waals surface area contributed by atoms with Crippen molar-refractivity contribution in [3.63, 3.8) is 0 Å². The minimum atomic E-state index is -1.41. The van der Waals surface area contributed by atoms with Crippen LogP contribution in [0.4, 0.5) is 10.5 Å². The summed E-state index contributed by atoms with van der Waals surface area (Å²) in [5, 5.41) is 12.8. The summed E-state index contributed by atoms with van der Waals surface area (Å²) in [7, 11) is 0. The number of carbonyl (C=O) groups excluding carboxylic acids is 4. The van der Waals surface area contributed by atoms with Crippen molar-refractivity contribution in [3.8, 4) is 5.75 Å². The molecule has 1 heterocycles. The van der Waals surface area contributed by atoms with Crippen LogP contribution in [0.1, 0.15) is 11.1 Å². The van der Waals surface area contributed by atoms with Crippen molar-refractivity contribution in [1.82, 2.24) is 5.32 Å². The molecule has 0 spiro atoms. The molecule has 2 aromatic carbocycles. The van der Waals surface area contributed by atoms with Crippen LogP contribution in [0.3, 0.4) is 0 Å². The van der Waals surface area contributed by atoms with Gasteiger partial charge in [-0.25, -0.2) is 9.69 Å². The van der Waals surface area contributed by atoms with Gasteiger partial charge in [0, 0.05) is 5.56 Å². The molecule has 2 aromatic rings. The Balaban J connectivity index is 1.99. The molecule has 142 valence electrons. The second-order valence-electron chi connectivity index (χ2n) is 6.00. The van der Waals surface area contributed by atoms with Crippen molar-refractivity contribution >= 4 is 35.6 Å². The number of rotatable bonds is 5. The fourth-order valence-corrected chi connectivity index (χ4v) is 2.68. The summed E-state index contributed by atoms with van der Waals surface area (Å²) in [5.41, 5.74) is 1.18. The van der Waals surface area contributed by atoms with Crippen LogP contribution < -0.4 is 20.1 Å². The molecule has 1 aliphatic heterocycles. The van der Waals surface area contributed by atoms with E-state index in [9.17, 15) is 24.3 Å². The van der Waals surface area contributed by atoms with Crippen molar-refractivity contribution in [2.24, 2.45) is 0 Å². The fourth-order valence-electron chi connectivity index (χ4n) is 2.68. The number of carbonyl (C=O) groups is 4. The topological polar surface area (TPSA) is 116 Å². The maximum atomic E-state index is 12.9. The number of hydrogen-bond acceptors (Lipinski definition) is 6. The number of anilines is 1. The van der Waals surface area contributed by atoms with E-state index in [0.29, 0.717) is 11.3 Å². The Bertz CT molecular complexity index is 1010. The zero-order valence-electron chi connectivity index (χ0n) is 14.8. The van der Waals surface area contributed by atoms with Crippen LogP contribution in [0, 0.1) is 6.92 Å². The number of nitrogens with zero attached hydrogens (tertiary/aromatic N) is 1. The predicted molar refractivity (Wildman–Crippen MR) is 97.1 cm³/mol. The van der Waals surface area contributed by atoms with E-state index in [1.165, 1.54) is 12.1 Å². The molecule has 0 aromatic heterocycles. The Hall–Kier alpha value is -3.94. The molecule has 1 aliphatic rings. The summed E-state index contributed by atoms with van der Waals surface area (Å²) in [6.07, 6.45) is 1.25. The number of carboxylic acids is 1. The lowest BCUT2D eigenvalue weighted by atomic mass is 10.1. The molecule has 3 rings (SSSR count). The van der Waals surface area contributed by atoms with Gasteiger partial charge in [0.15, 0.2) is 0 Å². The Labute approximate surface area is 160 Å². The van der Waals surface area contributed by atoms with Gasteiger partial charge in [0.25, 0.3) is 11.8 Å². The summed E-state index contributed by atoms with van der Waals surface area (Å²) in [5.74, 6) is -2.91. The van der Waals surface area contributed by atoms with Gasteiger partial charge in [-0.2, -0.15) is 0 Å². The zero-order valence-corrected chi connectivity index (χ0v) is 14.8. The monoisotopic (exact) mass is 379 g/mol. The van der Waals surface area contributed by atoms with Gasteiger partial charge in [0.05, 0.1) is 11.7 Å². The number of carboxylic acid groups (broad SMARTS) is 1. The summed E-state index contributed by atoms with van der Waals surface area (Å²) in [6, 6.07) is 12.1. The molecule has 28 heavy (non-hydrogen) atoms. The number of hydrogen-bond donors (Lipinski definition) is 1. The molecule has 1 fully saturated rings. The van der Waals surface area contributed by atoms with Crippen LogP contribution >= 0.6 is 0 Å². The Morgan fingerprint density at radius 1 is 1.14 bits per heavy atom. The van der Waals surface area contributed by atoms with E-state index in [4.69, 9.17) is 4.74 Å². The van der Waals surface area contributed by atoms with Gasteiger partial charge in [-0.15, -0.1) is 0 Å². The van der Waals surface area contributed by atoms with E-state index in [1.807, 2.05) is 13.0 Å². The summed E-state index contributed by atoms with van der Waals surface area (Å²) in [4.78, 5) is 48.8. The molecule has 1 N–H and O–H groups in total. The second-order valence-corrected chi connectivity index (χ2v) is 6.00. The van der Waals surface area contributed by atoms with Crippen molar-refractivity contribution in [2.75, 3.05) is 11.5 Å². The number of aryl methyl sites for hydroxylation is 1. The van der Waals surface area contributed by atoms with Gasteiger partial charge in [0.1, 0.15) is 17.9 Å². The van der Waals surface area contributed by atoms with Crippen molar-refractivity contribution in [3.05, 3.63) is 65.2 Å². The number of amides is 4. The van der Waals surface area contributed by atoms with E-state index < -0.39 is 30.4 Å². The molecule has 1 saturated heterocycles. The zero-order chi connectivity index (χ0) is 20.3. The molecular weight excluding hydrogens is 364 g/mol. The molecule has 0 aliphatic carbocycles. The molecule has 4 amide bonds. The average Bonchev–Trinajstić information content (AvgIpc) is 2.64. The van der Waals surface area contributed by atoms with Crippen molar-refractivity contribution in [1.29, 1.82) is 0 Å². The van der Waals surface area contributed by atoms with Gasteiger partial charge in [-0.05, 0) is 36.8 Å². The molecule has 0 atom stereocenters. The first-order chi connectivity index (χ1) is 13.4. The van der Waals surface area contributed by atoms with Crippen molar-refractivity contribution < 1.29 is 29.0 Å². The van der Waals surface area contributed by atoms with Crippen LogP contribution in [0.25, 0.3) is 6.08 Å². The van der Waals surface area contributed by atoms with Gasteiger partial charge >= 0.3 is 6.03 Å². The first-order valence-electron chi connectivity index (χ1n) is 8.26. The van der Waals surface area contributed by atoms with E-state index in [-0.39, 0.29) is 11.3 Å². The molecular formula is C20H15N2O6-. The number of ether oxygens (including phenoxy) is 1. The number of urea groups is 1. The molecule has 0 saturated carbocycles. The largest absolute Gasteiger partial charge is 0.546 e. The SMILES string of the molecule is Cc1cccc(N2C(=O)NC(=O)/C(=C\c3ccccc3OCC(=O)[O-])C2=O)c1. The first-order valence-corrected chi connectivity index (χ1v) is 8.26. The number of aliphatic carboxylic acids is 1. The third-order valence-corrected chi connectivity index (χ3v) is 3.93. The maximum Gasteiger partial charge on any atom is 0.335 e. The Morgan fingerprint density at radius 3 is 2.61 bits per heavy atom. The smallest absolute Gasteiger partial charge is 0.335 e. The van der Waals surface area contributed by atoms with Crippen molar-refractivity contribution in [2.45, 2.75) is 6.92 Å². The Kier molecular flexibility index (Phi) is 5.21. The average molecular weight is 379 g/mol. The first kappa shape index (κ1) is 18.8. The third kappa shape index (κ3) is 3.90. The lowest BCUT2D eigenvalue weighted by Gasteiger charge is -2.26. The number of benzene rings is 2. The van der Waals surface area contributed by atoms with E-state index in [2.05, 4.69) is 5.32 Å². The number of para-hydroxylation sites is 1. The molecule has 0 bridgehead atoms. The third-order valence-electron chi connectivity index (χ3n) is 3.93. The normalized spacial score (nSPS) is 15.5. The van der Waals surface area contributed by atoms with Gasteiger partial charge < -0.3 is 14.6 Å². The van der Waals surface area contributed by atoms with E-state index >= 15 is 0 Å². The summed E-state index contributed by atoms with van der Waals surface area (Å²) >= 11 is 0. The lowest BCUT2D eigenvalue weighted by molar-refractivity contribution is -0.307. The highest BCUT2D eigenvalue weighted by Gasteiger charge is 2.36. The van der Waals surface area contributed by atoms with Crippen LogP contribution in [0.2, 0.25) is 0 Å². The molecule has 0 radical (unpaired) electrons. The van der Waals surface area contributed by atoms with Gasteiger partial charge in [-0.3, -0.25) is 14.9 Å². The fraction of sp³-hybridized carbons (Fsp3) is 0.100. The quantitative estimate of drug-likeness (QED) is 0.607. The number of barbiturate groups is 1. The highest BCUT2D eigenvalue weighted by Crippen LogP contribution is 2.25. The molecule has 0 unspecified atom stereocenters. The molecule has 8 nitrogen and oxygen atoms in total. The lowest BCUT2D eigenvalue weighted by Crippen LogP contribution is -2.54. The minimum absolute atomic E-state index is 0.152. The predicted octanol–water partition coefficient (Wildman–Crippen LogP) is 0.790. The van der Waals surface area contributed by atoms with E-state index in [1.54, 1.807) is 36.4 Å². The number of imide groups is 2. The Morgan fingerprint density at radius 2 is 1.89 bits per heavy atom. The van der Waals surface area contributed by atoms with Gasteiger partial charge in [-0.1, -0.05) is 30.3 Å². The summed E-state index contributed by atoms with van der Waals surface area (Å²) in [6.45, 7) is 1.12. The molecule has 8 heteroatoms. The maximum absolute atomic E-state index is 12.9. The highest BCUT2D eigenvalue weighted by atomic mass is 16.5. The number of nitrogens with one attached hydrogen (secondary N) is 1. The van der Waals surface area contributed by atoms with E-state index in [0.717, 1.165) is 10.5 Å². The van der Waals surface area contributed by atoms with Crippen LogP contribution in [-0.2, 0) is 14.4 Å². The highest BCUT2D eigenvalue weighted by molar-refractivity contribution is 6.39. The minimum Gasteiger partial charge on any atom is -0.546 e. The second kappa shape index (κ2) is 7.75. The van der Waals surface area contributed by atoms with Crippen LogP contribution in [0.15, 0.2) is 54.1 Å². The van der Waals surface area contributed by atoms with Gasteiger partial charge in [0.2, 0.25) is 0 Å². The van der Waals surface area contributed by atoms with Crippen LogP contribution in [0.5, 0.6) is 5.75 Å².